The van der Waals surface area contributed by atoms with Gasteiger partial charge in [0.1, 0.15) is 6.54 Å². The van der Waals surface area contributed by atoms with Crippen molar-refractivity contribution in [2.75, 3.05) is 11.9 Å². The Balaban J connectivity index is 2.81. The van der Waals surface area contributed by atoms with E-state index in [1.54, 1.807) is 4.90 Å². The summed E-state index contributed by atoms with van der Waals surface area (Å²) in [6, 6.07) is 5.90. The molecule has 0 radical (unpaired) electrons. The molecule has 1 aromatic rings. The average Bonchev–Trinajstić information content (AvgIpc) is 2.29. The van der Waals surface area contributed by atoms with Crippen molar-refractivity contribution in [1.82, 2.24) is 4.90 Å². The molecule has 0 aliphatic rings. The van der Waals surface area contributed by atoms with Crippen molar-refractivity contribution in [3.63, 3.8) is 0 Å². The second kappa shape index (κ2) is 6.07. The lowest BCUT2D eigenvalue weighted by atomic mass is 10.1. The maximum atomic E-state index is 12.1. The van der Waals surface area contributed by atoms with Crippen LogP contribution in [0.15, 0.2) is 18.2 Å². The molecule has 2 amide bonds. The van der Waals surface area contributed by atoms with Gasteiger partial charge in [0.25, 0.3) is 0 Å². The second-order valence-electron chi connectivity index (χ2n) is 6.14. The molecule has 0 saturated carbocycles. The summed E-state index contributed by atoms with van der Waals surface area (Å²) in [5.41, 5.74) is 2.52. The largest absolute Gasteiger partial charge is 0.329 e. The maximum absolute atomic E-state index is 12.1. The minimum Gasteiger partial charge on any atom is -0.329 e. The van der Waals surface area contributed by atoms with Crippen LogP contribution in [0.5, 0.6) is 0 Å². The Kier molecular flexibility index (Phi) is 4.93. The van der Waals surface area contributed by atoms with Gasteiger partial charge in [-0.05, 0) is 51.8 Å². The predicted molar refractivity (Wildman–Crippen MR) is 81.7 cm³/mol. The van der Waals surface area contributed by atoms with Gasteiger partial charge in [0.05, 0.1) is 0 Å². The van der Waals surface area contributed by atoms with Crippen molar-refractivity contribution < 1.29 is 9.59 Å². The fraction of sp³-hybridized carbons (Fsp3) is 0.500. The highest BCUT2D eigenvalue weighted by molar-refractivity contribution is 5.95. The van der Waals surface area contributed by atoms with Crippen LogP contribution in [-0.4, -0.2) is 28.8 Å². The van der Waals surface area contributed by atoms with Gasteiger partial charge in [0.15, 0.2) is 0 Å². The van der Waals surface area contributed by atoms with Gasteiger partial charge >= 0.3 is 0 Å². The molecule has 0 aliphatic heterocycles. The highest BCUT2D eigenvalue weighted by Crippen LogP contribution is 2.17. The first-order chi connectivity index (χ1) is 9.11. The number of benzene rings is 1. The zero-order valence-electron chi connectivity index (χ0n) is 13.2. The summed E-state index contributed by atoms with van der Waals surface area (Å²) in [7, 11) is 0. The van der Waals surface area contributed by atoms with E-state index in [-0.39, 0.29) is 23.9 Å². The number of anilines is 1. The molecule has 4 nitrogen and oxygen atoms in total. The van der Waals surface area contributed by atoms with Crippen LogP contribution in [0, 0.1) is 13.8 Å². The number of hydrogen-bond donors (Lipinski definition) is 1. The van der Waals surface area contributed by atoms with Gasteiger partial charge in [-0.3, -0.25) is 9.59 Å². The first-order valence-corrected chi connectivity index (χ1v) is 6.76. The number of amides is 2. The summed E-state index contributed by atoms with van der Waals surface area (Å²) in [5, 5.41) is 2.88. The van der Waals surface area contributed by atoms with Crippen molar-refractivity contribution in [3.05, 3.63) is 29.3 Å². The van der Waals surface area contributed by atoms with E-state index < -0.39 is 0 Å². The van der Waals surface area contributed by atoms with E-state index in [2.05, 4.69) is 5.32 Å². The molecule has 0 aromatic heterocycles. The number of carbonyl (C=O) groups is 2. The topological polar surface area (TPSA) is 49.4 Å². The highest BCUT2D eigenvalue weighted by Gasteiger charge is 2.25. The quantitative estimate of drug-likeness (QED) is 0.923. The third kappa shape index (κ3) is 4.37. The molecular formula is C16H24N2O2. The molecule has 0 saturated heterocycles. The van der Waals surface area contributed by atoms with Gasteiger partial charge in [-0.2, -0.15) is 0 Å². The van der Waals surface area contributed by atoms with Crippen LogP contribution in [0.25, 0.3) is 0 Å². The molecule has 1 aromatic carbocycles. The lowest BCUT2D eigenvalue weighted by Crippen LogP contribution is -2.48. The third-order valence-electron chi connectivity index (χ3n) is 3.16. The van der Waals surface area contributed by atoms with E-state index in [1.165, 1.54) is 6.92 Å². The Hall–Kier alpha value is -1.84. The van der Waals surface area contributed by atoms with Gasteiger partial charge in [-0.25, -0.2) is 0 Å². The Labute approximate surface area is 121 Å². The van der Waals surface area contributed by atoms with Crippen LogP contribution in [0.4, 0.5) is 5.69 Å². The molecule has 1 rings (SSSR count). The molecule has 0 spiro atoms. The molecular weight excluding hydrogens is 252 g/mol. The Morgan fingerprint density at radius 1 is 1.20 bits per heavy atom. The molecule has 1 N–H and O–H groups in total. The summed E-state index contributed by atoms with van der Waals surface area (Å²) >= 11 is 0. The van der Waals surface area contributed by atoms with Crippen LogP contribution in [0.3, 0.4) is 0 Å². The van der Waals surface area contributed by atoms with Crippen molar-refractivity contribution in [1.29, 1.82) is 0 Å². The lowest BCUT2D eigenvalue weighted by Gasteiger charge is -2.34. The van der Waals surface area contributed by atoms with Crippen LogP contribution < -0.4 is 5.32 Å². The molecule has 20 heavy (non-hydrogen) atoms. The van der Waals surface area contributed by atoms with Crippen molar-refractivity contribution in [2.24, 2.45) is 0 Å². The molecule has 0 fully saturated rings. The van der Waals surface area contributed by atoms with Crippen molar-refractivity contribution >= 4 is 17.5 Å². The van der Waals surface area contributed by atoms with Gasteiger partial charge < -0.3 is 10.2 Å². The first kappa shape index (κ1) is 16.2. The van der Waals surface area contributed by atoms with Gasteiger partial charge in [0.2, 0.25) is 11.8 Å². The number of nitrogens with one attached hydrogen (secondary N) is 1. The molecule has 4 heteroatoms. The van der Waals surface area contributed by atoms with Crippen molar-refractivity contribution in [2.45, 2.75) is 47.1 Å². The second-order valence-corrected chi connectivity index (χ2v) is 6.14. The third-order valence-corrected chi connectivity index (χ3v) is 3.16. The Morgan fingerprint density at radius 2 is 1.80 bits per heavy atom. The minimum atomic E-state index is -0.370. The molecule has 0 bridgehead atoms. The zero-order valence-corrected chi connectivity index (χ0v) is 13.2. The standard InChI is InChI=1S/C16H24N2O2/c1-11-7-8-12(2)14(9-11)17-15(20)10-18(13(3)19)16(4,5)6/h7-9H,10H2,1-6H3,(H,17,20). The van der Waals surface area contributed by atoms with E-state index in [0.717, 1.165) is 16.8 Å². The normalized spacial score (nSPS) is 11.1. The fourth-order valence-corrected chi connectivity index (χ4v) is 2.02. The predicted octanol–water partition coefficient (Wildman–Crippen LogP) is 2.89. The van der Waals surface area contributed by atoms with Crippen LogP contribution >= 0.6 is 0 Å². The maximum Gasteiger partial charge on any atom is 0.244 e. The monoisotopic (exact) mass is 276 g/mol. The van der Waals surface area contributed by atoms with Crippen molar-refractivity contribution in [3.8, 4) is 0 Å². The smallest absolute Gasteiger partial charge is 0.244 e. The van der Waals surface area contributed by atoms with Gasteiger partial charge in [0, 0.05) is 18.2 Å². The van der Waals surface area contributed by atoms with Gasteiger partial charge in [-0.15, -0.1) is 0 Å². The van der Waals surface area contributed by atoms with E-state index in [4.69, 9.17) is 0 Å². The molecule has 0 atom stereocenters. The number of nitrogens with zero attached hydrogens (tertiary/aromatic N) is 1. The summed E-state index contributed by atoms with van der Waals surface area (Å²) in [6.07, 6.45) is 0. The minimum absolute atomic E-state index is 0.0617. The zero-order chi connectivity index (χ0) is 15.5. The van der Waals surface area contributed by atoms with Gasteiger partial charge in [-0.1, -0.05) is 12.1 Å². The molecule has 0 heterocycles. The van der Waals surface area contributed by atoms with E-state index in [9.17, 15) is 9.59 Å². The fourth-order valence-electron chi connectivity index (χ4n) is 2.02. The summed E-state index contributed by atoms with van der Waals surface area (Å²) < 4.78 is 0. The highest BCUT2D eigenvalue weighted by atomic mass is 16.2. The summed E-state index contributed by atoms with van der Waals surface area (Å²) in [6.45, 7) is 11.2. The number of aryl methyl sites for hydroxylation is 2. The van der Waals surface area contributed by atoms with Crippen LogP contribution in [0.2, 0.25) is 0 Å². The number of rotatable bonds is 3. The average molecular weight is 276 g/mol. The SMILES string of the molecule is CC(=O)N(CC(=O)Nc1cc(C)ccc1C)C(C)(C)C. The Morgan fingerprint density at radius 3 is 2.30 bits per heavy atom. The molecule has 110 valence electrons. The first-order valence-electron chi connectivity index (χ1n) is 6.76. The summed E-state index contributed by atoms with van der Waals surface area (Å²) in [4.78, 5) is 25.3. The Bertz CT molecular complexity index is 516. The van der Waals surface area contributed by atoms with Crippen LogP contribution in [-0.2, 0) is 9.59 Å². The molecule has 0 unspecified atom stereocenters. The number of hydrogen-bond acceptors (Lipinski definition) is 2. The van der Waals surface area contributed by atoms with E-state index in [0.29, 0.717) is 0 Å². The van der Waals surface area contributed by atoms with Crippen LogP contribution in [0.1, 0.15) is 38.8 Å². The summed E-state index contributed by atoms with van der Waals surface area (Å²) in [5.74, 6) is -0.280. The lowest BCUT2D eigenvalue weighted by molar-refractivity contribution is -0.137. The molecule has 0 aliphatic carbocycles. The van der Waals surface area contributed by atoms with E-state index in [1.807, 2.05) is 52.8 Å². The van der Waals surface area contributed by atoms with E-state index >= 15 is 0 Å². The number of carbonyl (C=O) groups excluding carboxylic acids is 2.